The lowest BCUT2D eigenvalue weighted by Crippen LogP contribution is -1.73. The third-order valence-electron chi connectivity index (χ3n) is 1.37. The number of aromatic nitrogens is 2. The predicted octanol–water partition coefficient (Wildman–Crippen LogP) is 2.33. The zero-order valence-corrected chi connectivity index (χ0v) is 6.72. The SMILES string of the molecule is Brc1ccc2[nH]ccc2n1. The molecule has 0 fully saturated rings. The second-order valence-corrected chi connectivity index (χ2v) is 2.86. The van der Waals surface area contributed by atoms with Crippen molar-refractivity contribution in [2.45, 2.75) is 0 Å². The summed E-state index contributed by atoms with van der Waals surface area (Å²) in [6.45, 7) is 0. The molecule has 50 valence electrons. The highest BCUT2D eigenvalue weighted by molar-refractivity contribution is 9.10. The maximum atomic E-state index is 4.22. The molecule has 0 aliphatic rings. The lowest BCUT2D eigenvalue weighted by Gasteiger charge is -1.88. The Bertz CT molecular complexity index is 353. The third-order valence-corrected chi connectivity index (χ3v) is 1.81. The molecule has 10 heavy (non-hydrogen) atoms. The molecular formula is C7H5BrN2. The van der Waals surface area contributed by atoms with Gasteiger partial charge in [0.25, 0.3) is 0 Å². The van der Waals surface area contributed by atoms with Crippen LogP contribution in [0.15, 0.2) is 29.0 Å². The molecule has 0 bridgehead atoms. The van der Waals surface area contributed by atoms with Gasteiger partial charge in [-0.25, -0.2) is 4.98 Å². The van der Waals surface area contributed by atoms with Crippen molar-refractivity contribution in [3.63, 3.8) is 0 Å². The Morgan fingerprint density at radius 3 is 3.10 bits per heavy atom. The molecule has 0 radical (unpaired) electrons. The molecule has 0 spiro atoms. The van der Waals surface area contributed by atoms with Crippen molar-refractivity contribution in [2.75, 3.05) is 0 Å². The molecule has 2 aromatic heterocycles. The van der Waals surface area contributed by atoms with E-state index in [0.717, 1.165) is 15.6 Å². The Hall–Kier alpha value is -0.830. The Morgan fingerprint density at radius 1 is 1.30 bits per heavy atom. The molecule has 0 aromatic carbocycles. The average molecular weight is 197 g/mol. The second kappa shape index (κ2) is 2.09. The summed E-state index contributed by atoms with van der Waals surface area (Å²) in [4.78, 5) is 7.28. The van der Waals surface area contributed by atoms with Crippen molar-refractivity contribution in [3.05, 3.63) is 29.0 Å². The number of hydrogen-bond acceptors (Lipinski definition) is 1. The highest BCUT2D eigenvalue weighted by Crippen LogP contribution is 2.13. The molecule has 0 amide bonds. The van der Waals surface area contributed by atoms with Crippen LogP contribution in [0, 0.1) is 0 Å². The van der Waals surface area contributed by atoms with E-state index in [-0.39, 0.29) is 0 Å². The maximum absolute atomic E-state index is 4.22. The van der Waals surface area contributed by atoms with Crippen LogP contribution in [0.5, 0.6) is 0 Å². The molecule has 0 aliphatic heterocycles. The first-order chi connectivity index (χ1) is 4.86. The summed E-state index contributed by atoms with van der Waals surface area (Å²) in [6.07, 6.45) is 1.88. The summed E-state index contributed by atoms with van der Waals surface area (Å²) in [7, 11) is 0. The number of nitrogens with one attached hydrogen (secondary N) is 1. The number of H-pyrrole nitrogens is 1. The van der Waals surface area contributed by atoms with Gasteiger partial charge in [-0.15, -0.1) is 0 Å². The van der Waals surface area contributed by atoms with E-state index < -0.39 is 0 Å². The summed E-state index contributed by atoms with van der Waals surface area (Å²) in [5.41, 5.74) is 2.07. The summed E-state index contributed by atoms with van der Waals surface area (Å²) in [5.74, 6) is 0. The van der Waals surface area contributed by atoms with Gasteiger partial charge in [0.15, 0.2) is 0 Å². The monoisotopic (exact) mass is 196 g/mol. The van der Waals surface area contributed by atoms with E-state index in [9.17, 15) is 0 Å². The van der Waals surface area contributed by atoms with Crippen LogP contribution in [0.3, 0.4) is 0 Å². The highest BCUT2D eigenvalue weighted by Gasteiger charge is 1.93. The van der Waals surface area contributed by atoms with Gasteiger partial charge in [0, 0.05) is 6.20 Å². The number of hydrogen-bond donors (Lipinski definition) is 1. The Labute approximate surface area is 66.4 Å². The van der Waals surface area contributed by atoms with E-state index in [1.54, 1.807) is 0 Å². The number of fused-ring (bicyclic) bond motifs is 1. The van der Waals surface area contributed by atoms with Crippen molar-refractivity contribution in [2.24, 2.45) is 0 Å². The summed E-state index contributed by atoms with van der Waals surface area (Å²) >= 11 is 3.29. The molecule has 2 heterocycles. The number of rotatable bonds is 0. The van der Waals surface area contributed by atoms with Crippen LogP contribution in [-0.2, 0) is 0 Å². The minimum Gasteiger partial charge on any atom is -0.360 e. The van der Waals surface area contributed by atoms with Crippen LogP contribution in [-0.4, -0.2) is 9.97 Å². The molecule has 0 atom stereocenters. The highest BCUT2D eigenvalue weighted by atomic mass is 79.9. The Balaban J connectivity index is 2.86. The van der Waals surface area contributed by atoms with Gasteiger partial charge in [-0.3, -0.25) is 0 Å². The van der Waals surface area contributed by atoms with Crippen LogP contribution in [0.1, 0.15) is 0 Å². The lowest BCUT2D eigenvalue weighted by molar-refractivity contribution is 1.35. The van der Waals surface area contributed by atoms with Gasteiger partial charge < -0.3 is 4.98 Å². The third kappa shape index (κ3) is 0.827. The second-order valence-electron chi connectivity index (χ2n) is 2.04. The van der Waals surface area contributed by atoms with E-state index in [1.807, 2.05) is 24.4 Å². The molecule has 0 saturated carbocycles. The molecule has 2 aromatic rings. The van der Waals surface area contributed by atoms with Crippen LogP contribution in [0.4, 0.5) is 0 Å². The molecule has 2 nitrogen and oxygen atoms in total. The standard InChI is InChI=1S/C7H5BrN2/c8-7-2-1-5-6(10-7)3-4-9-5/h1-4,9H. The lowest BCUT2D eigenvalue weighted by atomic mass is 10.4. The predicted molar refractivity (Wildman–Crippen MR) is 43.8 cm³/mol. The van der Waals surface area contributed by atoms with Crippen LogP contribution < -0.4 is 0 Å². The number of aromatic amines is 1. The van der Waals surface area contributed by atoms with Crippen molar-refractivity contribution < 1.29 is 0 Å². The fourth-order valence-electron chi connectivity index (χ4n) is 0.910. The van der Waals surface area contributed by atoms with Crippen molar-refractivity contribution in [1.29, 1.82) is 0 Å². The first-order valence-electron chi connectivity index (χ1n) is 2.96. The summed E-state index contributed by atoms with van der Waals surface area (Å²) in [6, 6.07) is 5.85. The zero-order valence-electron chi connectivity index (χ0n) is 5.13. The largest absolute Gasteiger partial charge is 0.360 e. The fraction of sp³-hybridized carbons (Fsp3) is 0. The Morgan fingerprint density at radius 2 is 2.20 bits per heavy atom. The van der Waals surface area contributed by atoms with Gasteiger partial charge in [-0.1, -0.05) is 0 Å². The number of nitrogens with zero attached hydrogens (tertiary/aromatic N) is 1. The summed E-state index contributed by atoms with van der Waals surface area (Å²) < 4.78 is 0.875. The molecular weight excluding hydrogens is 192 g/mol. The normalized spacial score (nSPS) is 10.5. The van der Waals surface area contributed by atoms with Crippen molar-refractivity contribution in [1.82, 2.24) is 9.97 Å². The van der Waals surface area contributed by atoms with E-state index >= 15 is 0 Å². The number of halogens is 1. The fourth-order valence-corrected chi connectivity index (χ4v) is 1.23. The summed E-state index contributed by atoms with van der Waals surface area (Å²) in [5, 5.41) is 0. The van der Waals surface area contributed by atoms with Gasteiger partial charge in [0.05, 0.1) is 11.0 Å². The molecule has 0 unspecified atom stereocenters. The minimum atomic E-state index is 0.875. The van der Waals surface area contributed by atoms with Gasteiger partial charge in [0.2, 0.25) is 0 Å². The average Bonchev–Trinajstić information content (AvgIpc) is 2.33. The van der Waals surface area contributed by atoms with Crippen molar-refractivity contribution >= 4 is 27.0 Å². The quantitative estimate of drug-likeness (QED) is 0.645. The molecule has 2 rings (SSSR count). The van der Waals surface area contributed by atoms with Crippen LogP contribution in [0.2, 0.25) is 0 Å². The van der Waals surface area contributed by atoms with E-state index in [0.29, 0.717) is 0 Å². The topological polar surface area (TPSA) is 28.7 Å². The smallest absolute Gasteiger partial charge is 0.106 e. The minimum absolute atomic E-state index is 0.875. The first kappa shape index (κ1) is 5.92. The van der Waals surface area contributed by atoms with E-state index in [1.165, 1.54) is 0 Å². The van der Waals surface area contributed by atoms with Gasteiger partial charge in [-0.05, 0) is 34.1 Å². The first-order valence-corrected chi connectivity index (χ1v) is 3.75. The van der Waals surface area contributed by atoms with E-state index in [2.05, 4.69) is 25.9 Å². The maximum Gasteiger partial charge on any atom is 0.106 e. The zero-order chi connectivity index (χ0) is 6.97. The van der Waals surface area contributed by atoms with Crippen LogP contribution in [0.25, 0.3) is 11.0 Å². The molecule has 1 N–H and O–H groups in total. The van der Waals surface area contributed by atoms with Gasteiger partial charge in [-0.2, -0.15) is 0 Å². The van der Waals surface area contributed by atoms with Gasteiger partial charge >= 0.3 is 0 Å². The van der Waals surface area contributed by atoms with Gasteiger partial charge in [0.1, 0.15) is 4.60 Å². The van der Waals surface area contributed by atoms with E-state index in [4.69, 9.17) is 0 Å². The Kier molecular flexibility index (Phi) is 1.24. The molecule has 0 saturated heterocycles. The molecule has 0 aliphatic carbocycles. The van der Waals surface area contributed by atoms with Crippen molar-refractivity contribution in [3.8, 4) is 0 Å². The number of pyridine rings is 1. The van der Waals surface area contributed by atoms with Crippen LogP contribution >= 0.6 is 15.9 Å². The molecule has 3 heteroatoms.